The van der Waals surface area contributed by atoms with Gasteiger partial charge in [0, 0.05) is 53.2 Å². The second kappa shape index (κ2) is 14.5. The highest BCUT2D eigenvalue weighted by atomic mass is 127. The highest BCUT2D eigenvalue weighted by molar-refractivity contribution is 14.2. The predicted molar refractivity (Wildman–Crippen MR) is 176 cm³/mol. The fourth-order valence-corrected chi connectivity index (χ4v) is 6.87. The molecule has 1 amide bonds. The highest BCUT2D eigenvalue weighted by Gasteiger charge is 2.57. The molecular weight excluding hydrogens is 743 g/mol. The van der Waals surface area contributed by atoms with Crippen molar-refractivity contribution >= 4 is 71.0 Å². The van der Waals surface area contributed by atoms with Crippen LogP contribution in [-0.4, -0.2) is 55.2 Å². The van der Waals surface area contributed by atoms with Gasteiger partial charge in [-0.2, -0.15) is 0 Å². The number of ether oxygens (including phenoxy) is 3. The summed E-state index contributed by atoms with van der Waals surface area (Å²) in [4.78, 5) is 42.6. The number of hydrogen-bond acceptors (Lipinski definition) is 7. The maximum Gasteiger partial charge on any atom is 0.308 e. The molecule has 3 aromatic carbocycles. The average Bonchev–Trinajstić information content (AvgIpc) is 3.29. The molecule has 2 aliphatic heterocycles. The van der Waals surface area contributed by atoms with E-state index in [1.54, 1.807) is 48.5 Å². The molecule has 0 aromatic heterocycles. The lowest BCUT2D eigenvalue weighted by molar-refractivity contribution is -0.147. The molecule has 7 nitrogen and oxygen atoms in total. The van der Waals surface area contributed by atoms with Crippen molar-refractivity contribution in [1.29, 1.82) is 0 Å². The second-order valence-corrected chi connectivity index (χ2v) is 13.8. The van der Waals surface area contributed by atoms with E-state index in [2.05, 4.69) is 21.2 Å². The minimum Gasteiger partial charge on any atom is -0.465 e. The van der Waals surface area contributed by atoms with Gasteiger partial charge < -0.3 is 14.2 Å². The molecule has 0 saturated carbocycles. The predicted octanol–water partition coefficient (Wildman–Crippen LogP) is 7.80. The number of Topliss-reactive ketones (excluding diaryl/α,β-unsaturated/α-hetero) is 1. The molecule has 0 radical (unpaired) electrons. The van der Waals surface area contributed by atoms with Crippen LogP contribution < -0.4 is 0 Å². The molecule has 0 bridgehead atoms. The Balaban J connectivity index is 1.69. The molecule has 1 saturated heterocycles. The molecule has 2 unspecified atom stereocenters. The fourth-order valence-electron chi connectivity index (χ4n) is 5.94. The molecule has 3 aromatic rings. The van der Waals surface area contributed by atoms with Crippen LogP contribution >= 0.6 is 53.3 Å². The van der Waals surface area contributed by atoms with Gasteiger partial charge in [0.05, 0.1) is 23.6 Å². The quantitative estimate of drug-likeness (QED) is 0.0852. The molecule has 232 valence electrons. The normalized spacial score (nSPS) is 19.1. The number of benzene rings is 3. The monoisotopic (exact) mass is 771 g/mol. The molecule has 2 aliphatic rings. The number of methoxy groups -OCH3 is 1. The van der Waals surface area contributed by atoms with Gasteiger partial charge in [-0.3, -0.25) is 19.3 Å². The van der Waals surface area contributed by atoms with Crippen molar-refractivity contribution in [3.8, 4) is 0 Å². The van der Waals surface area contributed by atoms with Gasteiger partial charge in [0.1, 0.15) is 12.4 Å². The average molecular weight is 772 g/mol. The lowest BCUT2D eigenvalue weighted by Crippen LogP contribution is -2.49. The third kappa shape index (κ3) is 6.52. The van der Waals surface area contributed by atoms with Crippen molar-refractivity contribution in [2.24, 2.45) is 5.92 Å². The third-order valence-corrected chi connectivity index (χ3v) is 10.1. The maximum absolute atomic E-state index is 16.5. The first kappa shape index (κ1) is 33.2. The lowest BCUT2D eigenvalue weighted by Gasteiger charge is -2.42. The van der Waals surface area contributed by atoms with E-state index in [1.807, 2.05) is 0 Å². The summed E-state index contributed by atoms with van der Waals surface area (Å²) in [6.45, 7) is 1.07. The maximum atomic E-state index is 16.5. The van der Waals surface area contributed by atoms with E-state index in [9.17, 15) is 14.4 Å². The van der Waals surface area contributed by atoms with Gasteiger partial charge in [-0.1, -0.05) is 56.4 Å². The van der Waals surface area contributed by atoms with Crippen molar-refractivity contribution in [3.05, 3.63) is 104 Å². The van der Waals surface area contributed by atoms with Gasteiger partial charge >= 0.3 is 5.97 Å². The van der Waals surface area contributed by atoms with E-state index in [1.165, 1.54) is 33.1 Å². The fraction of sp³-hybridized carbons (Fsp3) is 0.344. The standard InChI is InChI=1S/C32H29Cl2FINO6S/c1-41-32(22-4-8-24(34)9-5-22)29-25(16-21(17-26(29)35)30(39)20-10-12-42-13-11-20)31(40)37(32)27(18-28(38)43-14-15-44-36)19-2-6-23(33)7-3-19/h2-9,16-17,20,27H,10-15,18H2,1H3. The van der Waals surface area contributed by atoms with Crippen LogP contribution in [0.5, 0.6) is 0 Å². The Hall–Kier alpha value is -2.22. The highest BCUT2D eigenvalue weighted by Crippen LogP contribution is 2.51. The topological polar surface area (TPSA) is 82.1 Å². The van der Waals surface area contributed by atoms with E-state index in [-0.39, 0.29) is 41.4 Å². The number of rotatable bonds is 11. The van der Waals surface area contributed by atoms with Crippen LogP contribution in [0.1, 0.15) is 62.7 Å². The second-order valence-electron chi connectivity index (χ2n) is 10.5. The SMILES string of the molecule is COC1(c2ccc(Cl)cc2)c2c(F)cc(C(=O)C3CCOCC3)cc2C(=O)N1C(CC(=O)OCCSI)c1ccc(Cl)cc1. The molecule has 0 N–H and O–H groups in total. The van der Waals surface area contributed by atoms with Crippen LogP contribution in [-0.2, 0) is 24.7 Å². The van der Waals surface area contributed by atoms with Crippen LogP contribution in [0.25, 0.3) is 0 Å². The summed E-state index contributed by atoms with van der Waals surface area (Å²) in [6.07, 6.45) is 0.782. The number of nitrogens with zero attached hydrogens (tertiary/aromatic N) is 1. The Morgan fingerprint density at radius 3 is 2.34 bits per heavy atom. The summed E-state index contributed by atoms with van der Waals surface area (Å²) < 4.78 is 33.5. The molecule has 44 heavy (non-hydrogen) atoms. The smallest absolute Gasteiger partial charge is 0.308 e. The van der Waals surface area contributed by atoms with Crippen LogP contribution in [0.4, 0.5) is 4.39 Å². The van der Waals surface area contributed by atoms with Crippen LogP contribution in [0.15, 0.2) is 60.7 Å². The van der Waals surface area contributed by atoms with Gasteiger partial charge in [-0.05, 0) is 76.0 Å². The number of carbonyl (C=O) groups excluding carboxylic acids is 3. The van der Waals surface area contributed by atoms with E-state index >= 15 is 4.39 Å². The van der Waals surface area contributed by atoms with E-state index < -0.39 is 29.5 Å². The van der Waals surface area contributed by atoms with Crippen molar-refractivity contribution < 1.29 is 33.0 Å². The molecule has 0 spiro atoms. The number of hydrogen-bond donors (Lipinski definition) is 0. The van der Waals surface area contributed by atoms with Gasteiger partial charge in [0.25, 0.3) is 5.91 Å². The van der Waals surface area contributed by atoms with Gasteiger partial charge in [-0.15, -0.1) is 0 Å². The van der Waals surface area contributed by atoms with Crippen molar-refractivity contribution in [1.82, 2.24) is 4.90 Å². The van der Waals surface area contributed by atoms with E-state index in [0.29, 0.717) is 53.0 Å². The molecule has 12 heteroatoms. The molecule has 2 heterocycles. The summed E-state index contributed by atoms with van der Waals surface area (Å²) in [6, 6.07) is 14.9. The molecule has 5 rings (SSSR count). The Morgan fingerprint density at radius 2 is 1.73 bits per heavy atom. The molecule has 2 atom stereocenters. The van der Waals surface area contributed by atoms with Gasteiger partial charge in [0.2, 0.25) is 0 Å². The van der Waals surface area contributed by atoms with Crippen LogP contribution in [0.2, 0.25) is 10.0 Å². The third-order valence-electron chi connectivity index (χ3n) is 7.98. The lowest BCUT2D eigenvalue weighted by atomic mass is 9.87. The van der Waals surface area contributed by atoms with Crippen molar-refractivity contribution in [2.75, 3.05) is 32.7 Å². The summed E-state index contributed by atoms with van der Waals surface area (Å²) in [7, 11) is 2.88. The van der Waals surface area contributed by atoms with E-state index in [0.717, 1.165) is 0 Å². The van der Waals surface area contributed by atoms with Crippen LogP contribution in [0, 0.1) is 11.7 Å². The summed E-state index contributed by atoms with van der Waals surface area (Å²) in [5.74, 6) is -1.92. The first-order chi connectivity index (χ1) is 21.2. The van der Waals surface area contributed by atoms with Gasteiger partial charge in [0.15, 0.2) is 11.5 Å². The Kier molecular flexibility index (Phi) is 10.9. The Labute approximate surface area is 281 Å². The molecule has 0 aliphatic carbocycles. The molecular formula is C32H29Cl2FINO6S. The largest absolute Gasteiger partial charge is 0.465 e. The van der Waals surface area contributed by atoms with E-state index in [4.69, 9.17) is 37.4 Å². The minimum absolute atomic E-state index is 0.0224. The summed E-state index contributed by atoms with van der Waals surface area (Å²) in [5.41, 5.74) is -0.819. The Bertz CT molecular complexity index is 1540. The summed E-state index contributed by atoms with van der Waals surface area (Å²) >= 11 is 14.5. The number of ketones is 1. The Morgan fingerprint density at radius 1 is 1.09 bits per heavy atom. The zero-order valence-corrected chi connectivity index (χ0v) is 28.2. The number of carbonyl (C=O) groups is 3. The number of fused-ring (bicyclic) bond motifs is 1. The first-order valence-electron chi connectivity index (χ1n) is 14.0. The first-order valence-corrected chi connectivity index (χ1v) is 18.2. The minimum atomic E-state index is -1.82. The van der Waals surface area contributed by atoms with Gasteiger partial charge in [-0.25, -0.2) is 4.39 Å². The summed E-state index contributed by atoms with van der Waals surface area (Å²) in [5, 5.41) is 0.892. The van der Waals surface area contributed by atoms with Crippen molar-refractivity contribution in [3.63, 3.8) is 0 Å². The van der Waals surface area contributed by atoms with Crippen LogP contribution in [0.3, 0.4) is 0 Å². The number of esters is 1. The molecule has 1 fully saturated rings. The zero-order valence-electron chi connectivity index (χ0n) is 23.7. The van der Waals surface area contributed by atoms with Crippen molar-refractivity contribution in [2.45, 2.75) is 31.0 Å². The number of halogens is 4. The number of amides is 1. The zero-order chi connectivity index (χ0) is 31.4.